The standard InChI is InChI=1S/C11H23NS/c1-10(8-12-2)9-13-11-6-4-3-5-7-11/h10-12H,3-9H2,1-2H3. The van der Waals surface area contributed by atoms with E-state index in [1.54, 1.807) is 0 Å². The van der Waals surface area contributed by atoms with E-state index in [0.717, 1.165) is 11.2 Å². The highest BCUT2D eigenvalue weighted by Gasteiger charge is 2.14. The second kappa shape index (κ2) is 6.72. The number of thioether (sulfide) groups is 1. The maximum Gasteiger partial charge on any atom is 0.00471 e. The fourth-order valence-corrected chi connectivity index (χ4v) is 3.32. The molecular weight excluding hydrogens is 178 g/mol. The van der Waals surface area contributed by atoms with Crippen LogP contribution in [0.15, 0.2) is 0 Å². The van der Waals surface area contributed by atoms with Gasteiger partial charge in [-0.05, 0) is 38.1 Å². The van der Waals surface area contributed by atoms with Crippen LogP contribution >= 0.6 is 11.8 Å². The monoisotopic (exact) mass is 201 g/mol. The lowest BCUT2D eigenvalue weighted by atomic mass is 10.0. The lowest BCUT2D eigenvalue weighted by Crippen LogP contribution is -2.19. The van der Waals surface area contributed by atoms with Crippen LogP contribution in [0.3, 0.4) is 0 Å². The molecule has 1 saturated carbocycles. The lowest BCUT2D eigenvalue weighted by Gasteiger charge is -2.22. The van der Waals surface area contributed by atoms with Gasteiger partial charge in [-0.25, -0.2) is 0 Å². The molecule has 1 aliphatic carbocycles. The molecule has 1 N–H and O–H groups in total. The maximum absolute atomic E-state index is 3.24. The molecule has 0 bridgehead atoms. The Balaban J connectivity index is 2.03. The molecule has 0 aromatic rings. The Hall–Kier alpha value is 0.310. The Kier molecular flexibility index (Phi) is 5.88. The summed E-state index contributed by atoms with van der Waals surface area (Å²) in [7, 11) is 2.04. The van der Waals surface area contributed by atoms with Crippen LogP contribution in [0.5, 0.6) is 0 Å². The first-order chi connectivity index (χ1) is 6.33. The molecule has 78 valence electrons. The minimum atomic E-state index is 0.830. The van der Waals surface area contributed by atoms with E-state index in [4.69, 9.17) is 0 Å². The first-order valence-electron chi connectivity index (χ1n) is 5.59. The van der Waals surface area contributed by atoms with Crippen molar-refractivity contribution in [3.63, 3.8) is 0 Å². The first kappa shape index (κ1) is 11.4. The Morgan fingerprint density at radius 2 is 2.00 bits per heavy atom. The largest absolute Gasteiger partial charge is 0.319 e. The zero-order chi connectivity index (χ0) is 9.52. The van der Waals surface area contributed by atoms with Gasteiger partial charge in [-0.3, -0.25) is 0 Å². The number of hydrogen-bond acceptors (Lipinski definition) is 2. The van der Waals surface area contributed by atoms with Crippen LogP contribution in [0.4, 0.5) is 0 Å². The van der Waals surface area contributed by atoms with Gasteiger partial charge in [-0.2, -0.15) is 11.8 Å². The summed E-state index contributed by atoms with van der Waals surface area (Å²) in [6.45, 7) is 3.51. The van der Waals surface area contributed by atoms with Crippen molar-refractivity contribution in [1.82, 2.24) is 5.32 Å². The van der Waals surface area contributed by atoms with Crippen molar-refractivity contribution in [2.24, 2.45) is 5.92 Å². The van der Waals surface area contributed by atoms with Gasteiger partial charge in [-0.15, -0.1) is 0 Å². The van der Waals surface area contributed by atoms with Crippen LogP contribution in [0.2, 0.25) is 0 Å². The van der Waals surface area contributed by atoms with Gasteiger partial charge in [0.2, 0.25) is 0 Å². The third-order valence-electron chi connectivity index (χ3n) is 2.72. The zero-order valence-electron chi connectivity index (χ0n) is 9.01. The van der Waals surface area contributed by atoms with Gasteiger partial charge in [0.05, 0.1) is 0 Å². The third-order valence-corrected chi connectivity index (χ3v) is 4.43. The molecule has 0 aromatic carbocycles. The summed E-state index contributed by atoms with van der Waals surface area (Å²) in [6.07, 6.45) is 7.35. The normalized spacial score (nSPS) is 21.7. The molecule has 0 aromatic heterocycles. The van der Waals surface area contributed by atoms with Crippen LogP contribution in [0.1, 0.15) is 39.0 Å². The summed E-state index contributed by atoms with van der Waals surface area (Å²) in [5.41, 5.74) is 0. The quantitative estimate of drug-likeness (QED) is 0.734. The fraction of sp³-hybridized carbons (Fsp3) is 1.00. The highest BCUT2D eigenvalue weighted by molar-refractivity contribution is 7.99. The van der Waals surface area contributed by atoms with Gasteiger partial charge in [0, 0.05) is 5.25 Å². The highest BCUT2D eigenvalue weighted by atomic mass is 32.2. The first-order valence-corrected chi connectivity index (χ1v) is 6.64. The van der Waals surface area contributed by atoms with Crippen LogP contribution in [-0.4, -0.2) is 24.6 Å². The summed E-state index contributed by atoms with van der Waals surface area (Å²) in [5.74, 6) is 2.17. The highest BCUT2D eigenvalue weighted by Crippen LogP contribution is 2.29. The molecule has 0 heterocycles. The van der Waals surface area contributed by atoms with Crippen LogP contribution in [-0.2, 0) is 0 Å². The molecular formula is C11H23NS. The average molecular weight is 201 g/mol. The molecule has 2 heteroatoms. The average Bonchev–Trinajstić information content (AvgIpc) is 2.17. The Bertz CT molecular complexity index is 121. The van der Waals surface area contributed by atoms with E-state index in [-0.39, 0.29) is 0 Å². The van der Waals surface area contributed by atoms with Crippen LogP contribution in [0, 0.1) is 5.92 Å². The van der Waals surface area contributed by atoms with Crippen LogP contribution in [0.25, 0.3) is 0 Å². The SMILES string of the molecule is CNCC(C)CSC1CCCCC1. The summed E-state index contributed by atoms with van der Waals surface area (Å²) in [4.78, 5) is 0. The Labute approximate surface area is 87.1 Å². The maximum atomic E-state index is 3.24. The van der Waals surface area contributed by atoms with Gasteiger partial charge in [-0.1, -0.05) is 26.2 Å². The molecule has 1 nitrogen and oxygen atoms in total. The van der Waals surface area contributed by atoms with Crippen molar-refractivity contribution in [2.75, 3.05) is 19.3 Å². The molecule has 1 unspecified atom stereocenters. The molecule has 0 aliphatic heterocycles. The molecule has 1 rings (SSSR count). The van der Waals surface area contributed by atoms with Gasteiger partial charge in [0.15, 0.2) is 0 Å². The van der Waals surface area contributed by atoms with E-state index in [9.17, 15) is 0 Å². The smallest absolute Gasteiger partial charge is 0.00471 e. The van der Waals surface area contributed by atoms with Crippen molar-refractivity contribution < 1.29 is 0 Å². The summed E-state index contributed by atoms with van der Waals surface area (Å²) < 4.78 is 0. The molecule has 1 fully saturated rings. The molecule has 0 amide bonds. The Morgan fingerprint density at radius 3 is 2.62 bits per heavy atom. The van der Waals surface area contributed by atoms with Gasteiger partial charge < -0.3 is 5.32 Å². The second-order valence-corrected chi connectivity index (χ2v) is 5.59. The fourth-order valence-electron chi connectivity index (χ4n) is 1.94. The number of nitrogens with one attached hydrogen (secondary N) is 1. The third kappa shape index (κ3) is 4.92. The van der Waals surface area contributed by atoms with Crippen molar-refractivity contribution in [2.45, 2.75) is 44.3 Å². The van der Waals surface area contributed by atoms with Crippen molar-refractivity contribution in [1.29, 1.82) is 0 Å². The second-order valence-electron chi connectivity index (χ2n) is 4.26. The van der Waals surface area contributed by atoms with Crippen molar-refractivity contribution in [3.05, 3.63) is 0 Å². The predicted octanol–water partition coefficient (Wildman–Crippen LogP) is 2.91. The summed E-state index contributed by atoms with van der Waals surface area (Å²) in [5, 5.41) is 4.22. The van der Waals surface area contributed by atoms with E-state index in [2.05, 4.69) is 24.0 Å². The number of hydrogen-bond donors (Lipinski definition) is 1. The Morgan fingerprint density at radius 1 is 1.31 bits per heavy atom. The predicted molar refractivity (Wildman–Crippen MR) is 62.4 cm³/mol. The number of rotatable bonds is 5. The minimum Gasteiger partial charge on any atom is -0.319 e. The van der Waals surface area contributed by atoms with E-state index in [1.165, 1.54) is 44.4 Å². The van der Waals surface area contributed by atoms with Crippen LogP contribution < -0.4 is 5.32 Å². The minimum absolute atomic E-state index is 0.830. The molecule has 1 aliphatic rings. The van der Waals surface area contributed by atoms with Crippen molar-refractivity contribution >= 4 is 11.8 Å². The summed E-state index contributed by atoms with van der Waals surface area (Å²) >= 11 is 2.21. The lowest BCUT2D eigenvalue weighted by molar-refractivity contribution is 0.513. The topological polar surface area (TPSA) is 12.0 Å². The molecule has 0 spiro atoms. The van der Waals surface area contributed by atoms with E-state index >= 15 is 0 Å². The van der Waals surface area contributed by atoms with Crippen molar-refractivity contribution in [3.8, 4) is 0 Å². The van der Waals surface area contributed by atoms with E-state index in [0.29, 0.717) is 0 Å². The zero-order valence-corrected chi connectivity index (χ0v) is 9.83. The van der Waals surface area contributed by atoms with E-state index < -0.39 is 0 Å². The molecule has 13 heavy (non-hydrogen) atoms. The molecule has 1 atom stereocenters. The molecule has 0 radical (unpaired) electrons. The van der Waals surface area contributed by atoms with E-state index in [1.807, 2.05) is 7.05 Å². The molecule has 0 saturated heterocycles. The van der Waals surface area contributed by atoms with Gasteiger partial charge in [0.1, 0.15) is 0 Å². The summed E-state index contributed by atoms with van der Waals surface area (Å²) in [6, 6.07) is 0. The van der Waals surface area contributed by atoms with Gasteiger partial charge in [0.25, 0.3) is 0 Å². The van der Waals surface area contributed by atoms with Gasteiger partial charge >= 0.3 is 0 Å².